The number of nitrogens with zero attached hydrogens (tertiary/aromatic N) is 6. The van der Waals surface area contributed by atoms with Crippen molar-refractivity contribution in [2.75, 3.05) is 20.8 Å². The van der Waals surface area contributed by atoms with Crippen molar-refractivity contribution in [1.29, 1.82) is 0 Å². The van der Waals surface area contributed by atoms with Crippen LogP contribution in [0.5, 0.6) is 11.5 Å². The zero-order valence-corrected chi connectivity index (χ0v) is 18.2. The number of rotatable bonds is 6. The van der Waals surface area contributed by atoms with Gasteiger partial charge in [0, 0.05) is 37.2 Å². The van der Waals surface area contributed by atoms with Gasteiger partial charge in [0.2, 0.25) is 0 Å². The Kier molecular flexibility index (Phi) is 5.51. The Bertz CT molecular complexity index is 999. The lowest BCUT2D eigenvalue weighted by Gasteiger charge is -2.33. The van der Waals surface area contributed by atoms with Crippen molar-refractivity contribution in [3.05, 3.63) is 35.4 Å². The van der Waals surface area contributed by atoms with Gasteiger partial charge in [-0.15, -0.1) is 10.2 Å². The molecule has 0 amide bonds. The molecular weight excluding hydrogens is 388 g/mol. The largest absolute Gasteiger partial charge is 0.497 e. The van der Waals surface area contributed by atoms with E-state index in [4.69, 9.17) is 9.47 Å². The van der Waals surface area contributed by atoms with E-state index >= 15 is 0 Å². The first kappa shape index (κ1) is 19.8. The van der Waals surface area contributed by atoms with E-state index in [0.29, 0.717) is 5.92 Å². The van der Waals surface area contributed by atoms with E-state index in [-0.39, 0.29) is 6.04 Å². The van der Waals surface area contributed by atoms with Gasteiger partial charge >= 0.3 is 0 Å². The summed E-state index contributed by atoms with van der Waals surface area (Å²) in [6.07, 6.45) is 0. The maximum absolute atomic E-state index is 5.56. The molecule has 0 N–H and O–H groups in total. The lowest BCUT2D eigenvalue weighted by molar-refractivity contribution is 0.155. The van der Waals surface area contributed by atoms with E-state index < -0.39 is 0 Å². The summed E-state index contributed by atoms with van der Waals surface area (Å²) in [5.41, 5.74) is 1.12. The standard InChI is InChI=1S/C20H26N6O2S/c1-12(2)17-21-20(29-24-17)19-23-22-18-13(3)25(8-9-26(18)19)11-14-6-7-15(27-4)10-16(14)28-5/h6-7,10,12-13H,8-9,11H2,1-5H3. The Morgan fingerprint density at radius 1 is 1.17 bits per heavy atom. The van der Waals surface area contributed by atoms with Crippen molar-refractivity contribution in [1.82, 2.24) is 29.0 Å². The smallest absolute Gasteiger partial charge is 0.194 e. The minimum Gasteiger partial charge on any atom is -0.497 e. The zero-order chi connectivity index (χ0) is 20.5. The molecule has 2 aromatic heterocycles. The van der Waals surface area contributed by atoms with Crippen LogP contribution in [-0.2, 0) is 13.1 Å². The summed E-state index contributed by atoms with van der Waals surface area (Å²) in [6.45, 7) is 8.84. The van der Waals surface area contributed by atoms with Crippen molar-refractivity contribution < 1.29 is 9.47 Å². The average molecular weight is 415 g/mol. The van der Waals surface area contributed by atoms with Crippen molar-refractivity contribution in [2.24, 2.45) is 0 Å². The Morgan fingerprint density at radius 3 is 2.69 bits per heavy atom. The SMILES string of the molecule is COc1ccc(CN2CCn3c(-c4nc(C(C)C)ns4)nnc3C2C)c(OC)c1. The molecule has 3 heterocycles. The highest BCUT2D eigenvalue weighted by molar-refractivity contribution is 7.09. The topological polar surface area (TPSA) is 78.2 Å². The van der Waals surface area contributed by atoms with Crippen LogP contribution in [0.1, 0.15) is 49.9 Å². The third-order valence-corrected chi connectivity index (χ3v) is 6.05. The molecule has 1 aromatic carbocycles. The number of hydrogen-bond acceptors (Lipinski definition) is 8. The summed E-state index contributed by atoms with van der Waals surface area (Å²) < 4.78 is 17.5. The molecule has 8 nitrogen and oxygen atoms in total. The van der Waals surface area contributed by atoms with Gasteiger partial charge in [-0.1, -0.05) is 19.9 Å². The van der Waals surface area contributed by atoms with Crippen LogP contribution in [0.4, 0.5) is 0 Å². The summed E-state index contributed by atoms with van der Waals surface area (Å²) in [6, 6.07) is 6.08. The van der Waals surface area contributed by atoms with E-state index in [1.807, 2.05) is 12.1 Å². The lowest BCUT2D eigenvalue weighted by atomic mass is 10.1. The molecule has 154 valence electrons. The maximum Gasteiger partial charge on any atom is 0.194 e. The number of methoxy groups -OCH3 is 2. The Morgan fingerprint density at radius 2 is 2.00 bits per heavy atom. The van der Waals surface area contributed by atoms with Crippen LogP contribution in [0.25, 0.3) is 10.8 Å². The van der Waals surface area contributed by atoms with E-state index in [9.17, 15) is 0 Å². The molecule has 3 aromatic rings. The second-order valence-corrected chi connectivity index (χ2v) is 8.22. The highest BCUT2D eigenvalue weighted by Gasteiger charge is 2.30. The Hall–Kier alpha value is -2.52. The van der Waals surface area contributed by atoms with Crippen LogP contribution in [0.2, 0.25) is 0 Å². The number of aromatic nitrogens is 5. The average Bonchev–Trinajstić information content (AvgIpc) is 3.37. The molecule has 0 radical (unpaired) electrons. The van der Waals surface area contributed by atoms with Gasteiger partial charge in [0.05, 0.1) is 20.3 Å². The summed E-state index contributed by atoms with van der Waals surface area (Å²) in [5.74, 6) is 4.56. The van der Waals surface area contributed by atoms with Crippen LogP contribution in [-0.4, -0.2) is 49.8 Å². The number of hydrogen-bond donors (Lipinski definition) is 0. The molecule has 0 fully saturated rings. The highest BCUT2D eigenvalue weighted by atomic mass is 32.1. The normalized spacial score (nSPS) is 16.8. The fraction of sp³-hybridized carbons (Fsp3) is 0.500. The molecule has 29 heavy (non-hydrogen) atoms. The minimum atomic E-state index is 0.134. The molecule has 0 spiro atoms. The van der Waals surface area contributed by atoms with E-state index in [1.165, 1.54) is 11.5 Å². The van der Waals surface area contributed by atoms with Crippen molar-refractivity contribution in [3.8, 4) is 22.3 Å². The molecule has 0 saturated carbocycles. The molecule has 9 heteroatoms. The van der Waals surface area contributed by atoms with Crippen LogP contribution < -0.4 is 9.47 Å². The Labute approximate surface area is 174 Å². The van der Waals surface area contributed by atoms with Gasteiger partial charge in [-0.05, 0) is 24.5 Å². The molecule has 1 aliphatic rings. The first-order chi connectivity index (χ1) is 14.0. The van der Waals surface area contributed by atoms with Crippen LogP contribution in [0, 0.1) is 0 Å². The molecule has 1 atom stereocenters. The first-order valence-corrected chi connectivity index (χ1v) is 10.5. The summed E-state index contributed by atoms with van der Waals surface area (Å²) in [4.78, 5) is 7.04. The first-order valence-electron chi connectivity index (χ1n) is 9.73. The fourth-order valence-electron chi connectivity index (χ4n) is 3.57. The molecule has 0 bridgehead atoms. The zero-order valence-electron chi connectivity index (χ0n) is 17.4. The van der Waals surface area contributed by atoms with Gasteiger partial charge < -0.3 is 14.0 Å². The highest BCUT2D eigenvalue weighted by Crippen LogP contribution is 2.33. The van der Waals surface area contributed by atoms with Gasteiger partial charge in [0.1, 0.15) is 17.3 Å². The molecule has 0 saturated heterocycles. The molecule has 4 rings (SSSR count). The van der Waals surface area contributed by atoms with Crippen LogP contribution in [0.3, 0.4) is 0 Å². The van der Waals surface area contributed by atoms with Crippen LogP contribution in [0.15, 0.2) is 18.2 Å². The molecule has 0 aliphatic carbocycles. The molecular formula is C20H26N6O2S. The van der Waals surface area contributed by atoms with Gasteiger partial charge in [-0.2, -0.15) is 4.37 Å². The number of ether oxygens (including phenoxy) is 2. The van der Waals surface area contributed by atoms with Gasteiger partial charge in [0.25, 0.3) is 0 Å². The van der Waals surface area contributed by atoms with Crippen molar-refractivity contribution in [3.63, 3.8) is 0 Å². The summed E-state index contributed by atoms with van der Waals surface area (Å²) in [5, 5.41) is 9.77. The maximum atomic E-state index is 5.56. The van der Waals surface area contributed by atoms with Crippen LogP contribution >= 0.6 is 11.5 Å². The predicted molar refractivity (Wildman–Crippen MR) is 111 cm³/mol. The minimum absolute atomic E-state index is 0.134. The van der Waals surface area contributed by atoms with E-state index in [1.54, 1.807) is 14.2 Å². The third-order valence-electron chi connectivity index (χ3n) is 5.33. The summed E-state index contributed by atoms with van der Waals surface area (Å²) >= 11 is 1.40. The Balaban J connectivity index is 1.57. The predicted octanol–water partition coefficient (Wildman–Crippen LogP) is 3.51. The van der Waals surface area contributed by atoms with Gasteiger partial charge in [-0.25, -0.2) is 4.98 Å². The van der Waals surface area contributed by atoms with E-state index in [2.05, 4.69) is 55.9 Å². The van der Waals surface area contributed by atoms with Gasteiger partial charge in [-0.3, -0.25) is 4.90 Å². The summed E-state index contributed by atoms with van der Waals surface area (Å²) in [7, 11) is 3.35. The molecule has 1 aliphatic heterocycles. The fourth-order valence-corrected chi connectivity index (χ4v) is 4.36. The number of fused-ring (bicyclic) bond motifs is 1. The quantitative estimate of drug-likeness (QED) is 0.611. The van der Waals surface area contributed by atoms with Gasteiger partial charge in [0.15, 0.2) is 16.7 Å². The third kappa shape index (κ3) is 3.72. The number of benzene rings is 1. The molecule has 1 unspecified atom stereocenters. The monoisotopic (exact) mass is 414 g/mol. The second-order valence-electron chi connectivity index (χ2n) is 7.47. The van der Waals surface area contributed by atoms with Crippen molar-refractivity contribution >= 4 is 11.5 Å². The van der Waals surface area contributed by atoms with Crippen molar-refractivity contribution in [2.45, 2.75) is 45.8 Å². The lowest BCUT2D eigenvalue weighted by Crippen LogP contribution is -2.36. The second kappa shape index (κ2) is 8.08. The van der Waals surface area contributed by atoms with E-state index in [0.717, 1.165) is 59.2 Å².